The summed E-state index contributed by atoms with van der Waals surface area (Å²) in [6.07, 6.45) is 0. The van der Waals surface area contributed by atoms with E-state index in [2.05, 4.69) is 60.0 Å². The maximum Gasteiger partial charge on any atom is 2.00 e. The Balaban J connectivity index is 0.000000360. The zero-order valence-corrected chi connectivity index (χ0v) is 13.1. The normalized spacial score (nSPS) is 11.4. The summed E-state index contributed by atoms with van der Waals surface area (Å²) < 4.78 is 1.21. The standard InChI is InChI=1S/C9H13BrN.C5H5.Fe/c1-7(11(2)3)8-5-4-6-9(8)10;1-2-4-5-3-1;/h4-7H,1-3H3;1-5H;/q2*-1;+2/t7-;;/m1../s1. The van der Waals surface area contributed by atoms with Crippen LogP contribution in [-0.4, -0.2) is 19.0 Å². The van der Waals surface area contributed by atoms with Gasteiger partial charge in [-0.1, -0.05) is 6.92 Å². The Bertz CT molecular complexity index is 361. The molecule has 2 rings (SSSR count). The van der Waals surface area contributed by atoms with E-state index in [1.54, 1.807) is 0 Å². The smallest absolute Gasteiger partial charge is 0.315 e. The molecule has 0 bridgehead atoms. The SMILES string of the molecule is C[C@H](c1c[cH-]cc1Br)N(C)C.[Fe+2].c1cc[cH-]c1. The molecule has 0 saturated heterocycles. The van der Waals surface area contributed by atoms with Gasteiger partial charge >= 0.3 is 17.1 Å². The van der Waals surface area contributed by atoms with Gasteiger partial charge < -0.3 is 4.90 Å². The first-order valence-electron chi connectivity index (χ1n) is 5.37. The molecule has 2 aromatic rings. The summed E-state index contributed by atoms with van der Waals surface area (Å²) in [6, 6.07) is 16.8. The van der Waals surface area contributed by atoms with Crippen molar-refractivity contribution in [2.24, 2.45) is 0 Å². The minimum atomic E-state index is 0. The summed E-state index contributed by atoms with van der Waals surface area (Å²) in [5.74, 6) is 0. The fourth-order valence-corrected chi connectivity index (χ4v) is 1.97. The van der Waals surface area contributed by atoms with Gasteiger partial charge in [-0.3, -0.25) is 0 Å². The van der Waals surface area contributed by atoms with Crippen LogP contribution in [0.1, 0.15) is 18.5 Å². The molecular weight excluding hydrogens is 318 g/mol. The van der Waals surface area contributed by atoms with Crippen molar-refractivity contribution in [3.8, 4) is 0 Å². The quantitative estimate of drug-likeness (QED) is 0.587. The summed E-state index contributed by atoms with van der Waals surface area (Å²) in [5, 5.41) is 0. The van der Waals surface area contributed by atoms with Gasteiger partial charge in [0.2, 0.25) is 0 Å². The monoisotopic (exact) mass is 335 g/mol. The van der Waals surface area contributed by atoms with Gasteiger partial charge in [0.1, 0.15) is 0 Å². The zero-order chi connectivity index (χ0) is 12.0. The average molecular weight is 336 g/mol. The van der Waals surface area contributed by atoms with E-state index in [0.717, 1.165) is 0 Å². The Hall–Kier alpha value is -0.341. The summed E-state index contributed by atoms with van der Waals surface area (Å²) in [4.78, 5) is 2.19. The molecular formula is C14H18BrFeN. The molecule has 0 aliphatic heterocycles. The van der Waals surface area contributed by atoms with Gasteiger partial charge in [0.05, 0.1) is 0 Å². The average Bonchev–Trinajstić information content (AvgIpc) is 2.89. The topological polar surface area (TPSA) is 3.24 Å². The first-order valence-corrected chi connectivity index (χ1v) is 6.16. The molecule has 2 aromatic carbocycles. The molecule has 0 spiro atoms. The zero-order valence-electron chi connectivity index (χ0n) is 10.4. The van der Waals surface area contributed by atoms with E-state index < -0.39 is 0 Å². The van der Waals surface area contributed by atoms with E-state index >= 15 is 0 Å². The van der Waals surface area contributed by atoms with E-state index in [-0.39, 0.29) is 17.1 Å². The number of halogens is 1. The van der Waals surface area contributed by atoms with Crippen molar-refractivity contribution >= 4 is 15.9 Å². The molecule has 0 N–H and O–H groups in total. The minimum Gasteiger partial charge on any atom is -0.315 e. The van der Waals surface area contributed by atoms with E-state index in [1.807, 2.05) is 30.3 Å². The van der Waals surface area contributed by atoms with Gasteiger partial charge in [-0.2, -0.15) is 42.0 Å². The molecule has 94 valence electrons. The van der Waals surface area contributed by atoms with Crippen molar-refractivity contribution < 1.29 is 17.1 Å². The van der Waals surface area contributed by atoms with Gasteiger partial charge in [0.25, 0.3) is 0 Å². The van der Waals surface area contributed by atoms with E-state index in [1.165, 1.54) is 10.0 Å². The first-order chi connectivity index (χ1) is 7.63. The number of hydrogen-bond donors (Lipinski definition) is 0. The van der Waals surface area contributed by atoms with E-state index in [0.29, 0.717) is 6.04 Å². The maximum absolute atomic E-state index is 3.51. The molecule has 0 amide bonds. The summed E-state index contributed by atoms with van der Waals surface area (Å²) in [7, 11) is 4.17. The van der Waals surface area contributed by atoms with Crippen LogP contribution in [0.15, 0.2) is 53.0 Å². The van der Waals surface area contributed by atoms with Crippen molar-refractivity contribution in [3.63, 3.8) is 0 Å². The van der Waals surface area contributed by atoms with Crippen LogP contribution in [0.5, 0.6) is 0 Å². The molecule has 0 unspecified atom stereocenters. The summed E-state index contributed by atoms with van der Waals surface area (Å²) in [6.45, 7) is 2.19. The van der Waals surface area contributed by atoms with Crippen molar-refractivity contribution in [2.75, 3.05) is 14.1 Å². The van der Waals surface area contributed by atoms with Crippen LogP contribution in [0.2, 0.25) is 0 Å². The molecule has 0 fully saturated rings. The van der Waals surface area contributed by atoms with Crippen molar-refractivity contribution in [2.45, 2.75) is 13.0 Å². The first kappa shape index (κ1) is 16.7. The van der Waals surface area contributed by atoms with Crippen LogP contribution in [0.3, 0.4) is 0 Å². The second kappa shape index (κ2) is 8.71. The number of hydrogen-bond acceptors (Lipinski definition) is 1. The minimum absolute atomic E-state index is 0. The van der Waals surface area contributed by atoms with Crippen LogP contribution in [0.25, 0.3) is 0 Å². The van der Waals surface area contributed by atoms with Crippen molar-refractivity contribution in [1.82, 2.24) is 4.90 Å². The molecule has 0 aliphatic carbocycles. The van der Waals surface area contributed by atoms with Crippen molar-refractivity contribution in [3.05, 3.63) is 58.6 Å². The molecule has 0 aromatic heterocycles. The van der Waals surface area contributed by atoms with Gasteiger partial charge in [-0.25, -0.2) is 12.1 Å². The summed E-state index contributed by atoms with van der Waals surface area (Å²) in [5.41, 5.74) is 1.36. The fraction of sp³-hybridized carbons (Fsp3) is 0.286. The Morgan fingerprint density at radius 3 is 2.00 bits per heavy atom. The van der Waals surface area contributed by atoms with Crippen LogP contribution in [-0.2, 0) is 17.1 Å². The van der Waals surface area contributed by atoms with Gasteiger partial charge in [-0.05, 0) is 20.1 Å². The Labute approximate surface area is 123 Å². The third-order valence-electron chi connectivity index (χ3n) is 2.57. The van der Waals surface area contributed by atoms with Crippen LogP contribution in [0, 0.1) is 0 Å². The van der Waals surface area contributed by atoms with E-state index in [4.69, 9.17) is 0 Å². The van der Waals surface area contributed by atoms with Crippen LogP contribution in [0.4, 0.5) is 0 Å². The largest absolute Gasteiger partial charge is 2.00 e. The van der Waals surface area contributed by atoms with Gasteiger partial charge in [0.15, 0.2) is 0 Å². The fourth-order valence-electron chi connectivity index (χ4n) is 1.35. The molecule has 17 heavy (non-hydrogen) atoms. The second-order valence-electron chi connectivity index (χ2n) is 3.93. The van der Waals surface area contributed by atoms with Crippen molar-refractivity contribution in [1.29, 1.82) is 0 Å². The second-order valence-corrected chi connectivity index (χ2v) is 4.79. The maximum atomic E-state index is 3.51. The third-order valence-corrected chi connectivity index (χ3v) is 3.30. The molecule has 0 saturated carbocycles. The van der Waals surface area contributed by atoms with Gasteiger partial charge in [0, 0.05) is 0 Å². The Morgan fingerprint density at radius 2 is 1.71 bits per heavy atom. The number of rotatable bonds is 2. The summed E-state index contributed by atoms with van der Waals surface area (Å²) >= 11 is 3.51. The van der Waals surface area contributed by atoms with Crippen LogP contribution < -0.4 is 0 Å². The predicted octanol–water partition coefficient (Wildman–Crippen LogP) is 4.19. The Morgan fingerprint density at radius 1 is 1.12 bits per heavy atom. The predicted molar refractivity (Wildman–Crippen MR) is 73.9 cm³/mol. The molecule has 0 heterocycles. The molecule has 0 aliphatic rings. The Kier molecular flexibility index (Phi) is 8.53. The molecule has 1 atom stereocenters. The number of nitrogens with zero attached hydrogens (tertiary/aromatic N) is 1. The van der Waals surface area contributed by atoms with E-state index in [9.17, 15) is 0 Å². The molecule has 1 nitrogen and oxygen atoms in total. The molecule has 0 radical (unpaired) electrons. The van der Waals surface area contributed by atoms with Crippen LogP contribution >= 0.6 is 15.9 Å². The third kappa shape index (κ3) is 5.69. The van der Waals surface area contributed by atoms with Gasteiger partial charge in [-0.15, -0.1) is 20.4 Å². The molecule has 3 heteroatoms.